The SMILES string of the molecule is Fc1ccc(N(c2ccccc2)c2cc3ccc4cc(N(c5ccccc5)c5ccc(F)cc5)cc5c4c3c(c2)n5-c2nc(-c3ccccc3)nc(-c3ccccc3)n2)cc1. The van der Waals surface area contributed by atoms with Crippen molar-refractivity contribution < 1.29 is 8.78 Å². The van der Waals surface area contributed by atoms with Crippen LogP contribution in [-0.2, 0) is 0 Å². The molecule has 0 saturated heterocycles. The predicted octanol–water partition coefficient (Wildman–Crippen LogP) is 14.1. The summed E-state index contributed by atoms with van der Waals surface area (Å²) in [6, 6.07) is 66.2. The Kier molecular flexibility index (Phi) is 8.74. The highest BCUT2D eigenvalue weighted by Crippen LogP contribution is 2.46. The van der Waals surface area contributed by atoms with Crippen molar-refractivity contribution in [2.24, 2.45) is 0 Å². The van der Waals surface area contributed by atoms with Crippen molar-refractivity contribution in [3.8, 4) is 28.7 Å². The minimum atomic E-state index is -0.308. The van der Waals surface area contributed by atoms with Gasteiger partial charge in [-0.1, -0.05) is 109 Å². The molecule has 2 aromatic heterocycles. The zero-order chi connectivity index (χ0) is 40.9. The van der Waals surface area contributed by atoms with Crippen LogP contribution in [0.3, 0.4) is 0 Å². The Labute approximate surface area is 350 Å². The van der Waals surface area contributed by atoms with Crippen LogP contribution < -0.4 is 9.80 Å². The Morgan fingerprint density at radius 1 is 0.344 bits per heavy atom. The molecule has 0 aliphatic heterocycles. The van der Waals surface area contributed by atoms with E-state index < -0.39 is 0 Å². The number of benzene rings is 9. The van der Waals surface area contributed by atoms with E-state index in [4.69, 9.17) is 15.0 Å². The summed E-state index contributed by atoms with van der Waals surface area (Å²) in [6.07, 6.45) is 0. The quantitative estimate of drug-likeness (QED) is 0.136. The lowest BCUT2D eigenvalue weighted by molar-refractivity contribution is 0.627. The average Bonchev–Trinajstić information content (AvgIpc) is 3.65. The highest BCUT2D eigenvalue weighted by atomic mass is 19.1. The lowest BCUT2D eigenvalue weighted by Crippen LogP contribution is -2.11. The van der Waals surface area contributed by atoms with Gasteiger partial charge < -0.3 is 9.80 Å². The highest BCUT2D eigenvalue weighted by molar-refractivity contribution is 6.26. The van der Waals surface area contributed by atoms with Crippen LogP contribution in [0.25, 0.3) is 61.3 Å². The van der Waals surface area contributed by atoms with Crippen LogP contribution >= 0.6 is 0 Å². The van der Waals surface area contributed by atoms with Gasteiger partial charge >= 0.3 is 0 Å². The molecule has 0 saturated carbocycles. The lowest BCUT2D eigenvalue weighted by Gasteiger charge is -2.26. The maximum Gasteiger partial charge on any atom is 0.238 e. The number of hydrogen-bond donors (Lipinski definition) is 0. The summed E-state index contributed by atoms with van der Waals surface area (Å²) in [5, 5.41) is 4.12. The summed E-state index contributed by atoms with van der Waals surface area (Å²) in [5.41, 5.74) is 8.66. The van der Waals surface area contributed by atoms with Gasteiger partial charge in [-0.15, -0.1) is 0 Å². The monoisotopic (exact) mass is 792 g/mol. The molecule has 9 aromatic carbocycles. The predicted molar refractivity (Wildman–Crippen MR) is 243 cm³/mol. The van der Waals surface area contributed by atoms with Crippen LogP contribution in [0.5, 0.6) is 0 Å². The Balaban J connectivity index is 1.25. The van der Waals surface area contributed by atoms with Crippen LogP contribution in [0, 0.1) is 11.6 Å². The van der Waals surface area contributed by atoms with Crippen LogP contribution in [-0.4, -0.2) is 19.5 Å². The maximum absolute atomic E-state index is 14.4. The second kappa shape index (κ2) is 14.9. The van der Waals surface area contributed by atoms with E-state index >= 15 is 0 Å². The van der Waals surface area contributed by atoms with E-state index in [-0.39, 0.29) is 11.6 Å². The molecule has 0 bridgehead atoms. The van der Waals surface area contributed by atoms with Gasteiger partial charge in [0, 0.05) is 56.0 Å². The van der Waals surface area contributed by atoms with Gasteiger partial charge in [0.2, 0.25) is 5.95 Å². The van der Waals surface area contributed by atoms with E-state index in [0.717, 1.165) is 77.8 Å². The zero-order valence-electron chi connectivity index (χ0n) is 32.6. The number of para-hydroxylation sites is 2. The summed E-state index contributed by atoms with van der Waals surface area (Å²) in [5.74, 6) is 0.903. The number of rotatable bonds is 9. The molecule has 8 heteroatoms. The molecule has 0 N–H and O–H groups in total. The van der Waals surface area contributed by atoms with Gasteiger partial charge in [-0.05, 0) is 108 Å². The number of anilines is 6. The van der Waals surface area contributed by atoms with Crippen molar-refractivity contribution in [2.45, 2.75) is 0 Å². The van der Waals surface area contributed by atoms with Crippen molar-refractivity contribution in [2.75, 3.05) is 9.80 Å². The molecular formula is C53H34F2N6. The van der Waals surface area contributed by atoms with E-state index in [2.05, 4.69) is 50.8 Å². The molecule has 0 atom stereocenters. The van der Waals surface area contributed by atoms with Gasteiger partial charge in [0.15, 0.2) is 11.6 Å². The summed E-state index contributed by atoms with van der Waals surface area (Å²) in [7, 11) is 0. The lowest BCUT2D eigenvalue weighted by atomic mass is 10.00. The molecule has 6 nitrogen and oxygen atoms in total. The summed E-state index contributed by atoms with van der Waals surface area (Å²) >= 11 is 0. The number of hydrogen-bond acceptors (Lipinski definition) is 5. The standard InChI is InChI=1S/C53H34F2N6/c54-39-23-27-43(28-24-39)59(41-17-9-3-10-18-41)45-31-37-21-22-38-32-46(60(42-19-11-4-12-20-42)44-29-25-40(55)26-30-44)34-48-50(38)49(37)47(33-45)61(48)53-57-51(35-13-5-1-6-14-35)56-52(58-53)36-15-7-2-8-16-36/h1-34H. The topological polar surface area (TPSA) is 50.1 Å². The molecule has 0 spiro atoms. The molecule has 0 aliphatic rings. The minimum Gasteiger partial charge on any atom is -0.310 e. The molecule has 0 unspecified atom stereocenters. The molecule has 0 fully saturated rings. The van der Waals surface area contributed by atoms with Gasteiger partial charge in [-0.2, -0.15) is 9.97 Å². The minimum absolute atomic E-state index is 0.308. The first-order valence-electron chi connectivity index (χ1n) is 20.0. The molecular weight excluding hydrogens is 759 g/mol. The van der Waals surface area contributed by atoms with E-state index in [9.17, 15) is 8.78 Å². The molecule has 11 rings (SSSR count). The second-order valence-corrected chi connectivity index (χ2v) is 14.8. The van der Waals surface area contributed by atoms with E-state index in [1.165, 1.54) is 24.3 Å². The van der Waals surface area contributed by atoms with Gasteiger partial charge in [0.1, 0.15) is 11.6 Å². The molecule has 0 amide bonds. The van der Waals surface area contributed by atoms with Crippen molar-refractivity contribution >= 4 is 66.7 Å². The number of halogens is 2. The first-order chi connectivity index (χ1) is 30.1. The normalized spacial score (nSPS) is 11.4. The smallest absolute Gasteiger partial charge is 0.238 e. The molecule has 2 heterocycles. The fourth-order valence-corrected chi connectivity index (χ4v) is 8.34. The van der Waals surface area contributed by atoms with Crippen molar-refractivity contribution in [1.82, 2.24) is 19.5 Å². The summed E-state index contributed by atoms with van der Waals surface area (Å²) in [6.45, 7) is 0. The van der Waals surface area contributed by atoms with Crippen molar-refractivity contribution in [1.29, 1.82) is 0 Å². The average molecular weight is 793 g/mol. The van der Waals surface area contributed by atoms with Gasteiger partial charge in [0.25, 0.3) is 0 Å². The van der Waals surface area contributed by atoms with E-state index in [1.807, 2.05) is 121 Å². The van der Waals surface area contributed by atoms with E-state index in [0.29, 0.717) is 17.6 Å². The number of nitrogens with zero attached hydrogens (tertiary/aromatic N) is 6. The first-order valence-corrected chi connectivity index (χ1v) is 20.0. The van der Waals surface area contributed by atoms with E-state index in [1.54, 1.807) is 24.3 Å². The Bertz CT molecular complexity index is 3090. The molecule has 11 aromatic rings. The summed E-state index contributed by atoms with van der Waals surface area (Å²) < 4.78 is 31.0. The van der Waals surface area contributed by atoms with Gasteiger partial charge in [-0.3, -0.25) is 4.57 Å². The number of aromatic nitrogens is 4. The third-order valence-corrected chi connectivity index (χ3v) is 11.0. The van der Waals surface area contributed by atoms with Crippen LogP contribution in [0.1, 0.15) is 0 Å². The fourth-order valence-electron chi connectivity index (χ4n) is 8.34. The molecule has 0 aliphatic carbocycles. The van der Waals surface area contributed by atoms with Crippen molar-refractivity contribution in [3.05, 3.63) is 218 Å². The van der Waals surface area contributed by atoms with Crippen LogP contribution in [0.2, 0.25) is 0 Å². The Morgan fingerprint density at radius 3 is 1.10 bits per heavy atom. The Hall–Kier alpha value is -8.23. The third kappa shape index (κ3) is 6.47. The van der Waals surface area contributed by atoms with Crippen molar-refractivity contribution in [3.63, 3.8) is 0 Å². The largest absolute Gasteiger partial charge is 0.310 e. The Morgan fingerprint density at radius 2 is 0.705 bits per heavy atom. The first kappa shape index (κ1) is 35.9. The third-order valence-electron chi connectivity index (χ3n) is 11.0. The van der Waals surface area contributed by atoms with Gasteiger partial charge in [-0.25, -0.2) is 13.8 Å². The molecule has 290 valence electrons. The zero-order valence-corrected chi connectivity index (χ0v) is 32.6. The fraction of sp³-hybridized carbons (Fsp3) is 0. The highest BCUT2D eigenvalue weighted by Gasteiger charge is 2.25. The summed E-state index contributed by atoms with van der Waals surface area (Å²) in [4.78, 5) is 19.8. The maximum atomic E-state index is 14.4. The van der Waals surface area contributed by atoms with Crippen LogP contribution in [0.15, 0.2) is 206 Å². The van der Waals surface area contributed by atoms with Crippen LogP contribution in [0.4, 0.5) is 42.9 Å². The second-order valence-electron chi connectivity index (χ2n) is 14.8. The molecule has 61 heavy (non-hydrogen) atoms. The van der Waals surface area contributed by atoms with Gasteiger partial charge in [0.05, 0.1) is 11.0 Å². The molecule has 0 radical (unpaired) electrons.